The molecule has 0 aliphatic carbocycles. The highest BCUT2D eigenvalue weighted by atomic mass is 16.5. The van der Waals surface area contributed by atoms with Gasteiger partial charge in [0.25, 0.3) is 5.56 Å². The Kier molecular flexibility index (Phi) is 5.91. The molecule has 0 aliphatic rings. The van der Waals surface area contributed by atoms with E-state index in [1.165, 1.54) is 6.07 Å². The first-order valence-corrected chi connectivity index (χ1v) is 7.63. The summed E-state index contributed by atoms with van der Waals surface area (Å²) in [5, 5.41) is 4.06. The first kappa shape index (κ1) is 16.7. The lowest BCUT2D eigenvalue weighted by Gasteiger charge is -2.07. The van der Waals surface area contributed by atoms with Crippen molar-refractivity contribution < 1.29 is 4.74 Å². The lowest BCUT2D eigenvalue weighted by molar-refractivity contribution is 0.289. The summed E-state index contributed by atoms with van der Waals surface area (Å²) in [4.78, 5) is 18.0. The fraction of sp³-hybridized carbons (Fsp3) is 0.353. The number of hydrogen-bond donors (Lipinski definition) is 2. The molecule has 23 heavy (non-hydrogen) atoms. The van der Waals surface area contributed by atoms with E-state index in [1.807, 2.05) is 24.3 Å². The van der Waals surface area contributed by atoms with Crippen LogP contribution in [0.2, 0.25) is 0 Å². The third kappa shape index (κ3) is 5.94. The normalized spacial score (nSPS) is 11.1. The smallest absolute Gasteiger partial charge is 0.252 e. The van der Waals surface area contributed by atoms with E-state index >= 15 is 0 Å². The number of aromatic nitrogens is 2. The van der Waals surface area contributed by atoms with E-state index in [0.717, 1.165) is 24.3 Å². The summed E-state index contributed by atoms with van der Waals surface area (Å²) in [5.74, 6) is 1.80. The summed E-state index contributed by atoms with van der Waals surface area (Å²) >= 11 is 0. The molecule has 0 saturated carbocycles. The van der Waals surface area contributed by atoms with Crippen LogP contribution in [0.5, 0.6) is 5.75 Å². The van der Waals surface area contributed by atoms with Crippen molar-refractivity contribution in [3.63, 3.8) is 0 Å². The van der Waals surface area contributed by atoms with Crippen molar-refractivity contribution in [3.05, 3.63) is 51.9 Å². The van der Waals surface area contributed by atoms with Crippen molar-refractivity contribution in [2.45, 2.75) is 27.2 Å². The number of aromatic amines is 1. The number of hydrogen-bond acceptors (Lipinski definition) is 5. The molecule has 0 fully saturated rings. The van der Waals surface area contributed by atoms with Crippen LogP contribution in [0, 0.1) is 12.8 Å². The zero-order valence-corrected chi connectivity index (χ0v) is 13.7. The zero-order valence-electron chi connectivity index (χ0n) is 13.7. The summed E-state index contributed by atoms with van der Waals surface area (Å²) in [6, 6.07) is 9.08. The average molecular weight is 314 g/mol. The highest BCUT2D eigenvalue weighted by molar-refractivity contribution is 5.80. The van der Waals surface area contributed by atoms with E-state index in [-0.39, 0.29) is 5.56 Å². The van der Waals surface area contributed by atoms with E-state index in [9.17, 15) is 4.79 Å². The van der Waals surface area contributed by atoms with Gasteiger partial charge < -0.3 is 4.74 Å². The fourth-order valence-corrected chi connectivity index (χ4v) is 1.86. The van der Waals surface area contributed by atoms with Gasteiger partial charge in [-0.2, -0.15) is 5.10 Å². The van der Waals surface area contributed by atoms with Crippen LogP contribution in [-0.2, 0) is 0 Å². The molecule has 6 nitrogen and oxygen atoms in total. The molecule has 2 rings (SSSR count). The minimum Gasteiger partial charge on any atom is -0.494 e. The minimum atomic E-state index is -0.210. The van der Waals surface area contributed by atoms with E-state index < -0.39 is 0 Å². The van der Waals surface area contributed by atoms with Crippen molar-refractivity contribution in [2.75, 3.05) is 12.0 Å². The van der Waals surface area contributed by atoms with E-state index in [1.54, 1.807) is 13.1 Å². The van der Waals surface area contributed by atoms with Crippen LogP contribution in [0.4, 0.5) is 5.95 Å². The molecule has 0 unspecified atom stereocenters. The molecular formula is C17H22N4O2. The molecule has 2 aromatic rings. The quantitative estimate of drug-likeness (QED) is 0.608. The first-order chi connectivity index (χ1) is 11.0. The van der Waals surface area contributed by atoms with Crippen molar-refractivity contribution in [2.24, 2.45) is 11.0 Å². The van der Waals surface area contributed by atoms with Crippen molar-refractivity contribution in [1.82, 2.24) is 9.97 Å². The average Bonchev–Trinajstić information content (AvgIpc) is 2.47. The second-order valence-electron chi connectivity index (χ2n) is 5.71. The molecule has 2 N–H and O–H groups in total. The SMILES string of the molecule is Cc1cc(=O)[nH]c(N/N=C/c2ccc(OCCC(C)C)cc2)n1. The molecule has 6 heteroatoms. The molecule has 1 heterocycles. The van der Waals surface area contributed by atoms with Crippen LogP contribution in [0.3, 0.4) is 0 Å². The monoisotopic (exact) mass is 314 g/mol. The molecule has 0 aliphatic heterocycles. The number of anilines is 1. The van der Waals surface area contributed by atoms with Crippen LogP contribution in [-0.4, -0.2) is 22.8 Å². The molecule has 0 spiro atoms. The minimum absolute atomic E-state index is 0.210. The van der Waals surface area contributed by atoms with Crippen molar-refractivity contribution >= 4 is 12.2 Å². The molecular weight excluding hydrogens is 292 g/mol. The lowest BCUT2D eigenvalue weighted by atomic mass is 10.1. The van der Waals surface area contributed by atoms with Crippen LogP contribution in [0.1, 0.15) is 31.5 Å². The third-order valence-corrected chi connectivity index (χ3v) is 3.10. The van der Waals surface area contributed by atoms with Crippen molar-refractivity contribution in [3.8, 4) is 5.75 Å². The van der Waals surface area contributed by atoms with Gasteiger partial charge in [0.2, 0.25) is 5.95 Å². The van der Waals surface area contributed by atoms with Crippen molar-refractivity contribution in [1.29, 1.82) is 0 Å². The van der Waals surface area contributed by atoms with Gasteiger partial charge in [-0.3, -0.25) is 9.78 Å². The molecule has 1 aromatic heterocycles. The maximum absolute atomic E-state index is 11.3. The second kappa shape index (κ2) is 8.12. The van der Waals surface area contributed by atoms with Crippen LogP contribution >= 0.6 is 0 Å². The summed E-state index contributed by atoms with van der Waals surface area (Å²) in [5.41, 5.74) is 4.05. The Morgan fingerprint density at radius 3 is 2.74 bits per heavy atom. The standard InChI is InChI=1S/C17H22N4O2/c1-12(2)8-9-23-15-6-4-14(5-7-15)11-18-21-17-19-13(3)10-16(22)20-17/h4-7,10-12H,8-9H2,1-3H3,(H2,19,20,21,22)/b18-11+. The van der Waals surface area contributed by atoms with Gasteiger partial charge in [-0.25, -0.2) is 10.4 Å². The van der Waals surface area contributed by atoms with Gasteiger partial charge in [0.15, 0.2) is 0 Å². The van der Waals surface area contributed by atoms with Gasteiger partial charge in [-0.15, -0.1) is 0 Å². The number of nitrogens with one attached hydrogen (secondary N) is 2. The zero-order chi connectivity index (χ0) is 16.7. The highest BCUT2D eigenvalue weighted by Crippen LogP contribution is 2.12. The van der Waals surface area contributed by atoms with Gasteiger partial charge in [0.1, 0.15) is 5.75 Å². The van der Waals surface area contributed by atoms with Gasteiger partial charge >= 0.3 is 0 Å². The highest BCUT2D eigenvalue weighted by Gasteiger charge is 1.98. The molecule has 1 aromatic carbocycles. The summed E-state index contributed by atoms with van der Waals surface area (Å²) < 4.78 is 5.66. The van der Waals surface area contributed by atoms with Crippen LogP contribution in [0.15, 0.2) is 40.2 Å². The number of rotatable bonds is 7. The predicted molar refractivity (Wildman–Crippen MR) is 92.2 cm³/mol. The summed E-state index contributed by atoms with van der Waals surface area (Å²) in [7, 11) is 0. The Bertz CT molecular complexity index is 705. The number of ether oxygens (including phenoxy) is 1. The predicted octanol–water partition coefficient (Wildman–Crippen LogP) is 2.95. The second-order valence-corrected chi connectivity index (χ2v) is 5.71. The number of hydrazone groups is 1. The topological polar surface area (TPSA) is 79.4 Å². The van der Waals surface area contributed by atoms with Crippen LogP contribution in [0.25, 0.3) is 0 Å². The third-order valence-electron chi connectivity index (χ3n) is 3.10. The van der Waals surface area contributed by atoms with Crippen LogP contribution < -0.4 is 15.7 Å². The van der Waals surface area contributed by atoms with E-state index in [0.29, 0.717) is 17.6 Å². The Balaban J connectivity index is 1.88. The van der Waals surface area contributed by atoms with Gasteiger partial charge in [-0.1, -0.05) is 13.8 Å². The maximum Gasteiger partial charge on any atom is 0.252 e. The number of benzene rings is 1. The molecule has 0 saturated heterocycles. The molecule has 0 radical (unpaired) electrons. The Morgan fingerprint density at radius 1 is 1.35 bits per heavy atom. The Labute approximate surface area is 135 Å². The van der Waals surface area contributed by atoms with Gasteiger partial charge in [0.05, 0.1) is 12.8 Å². The summed E-state index contributed by atoms with van der Waals surface area (Å²) in [6.07, 6.45) is 2.69. The van der Waals surface area contributed by atoms with E-state index in [2.05, 4.69) is 34.3 Å². The molecule has 0 atom stereocenters. The Hall–Kier alpha value is -2.63. The van der Waals surface area contributed by atoms with E-state index in [4.69, 9.17) is 4.74 Å². The lowest BCUT2D eigenvalue weighted by Crippen LogP contribution is -2.10. The largest absolute Gasteiger partial charge is 0.494 e. The first-order valence-electron chi connectivity index (χ1n) is 7.63. The summed E-state index contributed by atoms with van der Waals surface area (Å²) in [6.45, 7) is 6.82. The molecule has 122 valence electrons. The number of nitrogens with zero attached hydrogens (tertiary/aromatic N) is 2. The number of aryl methyl sites for hydroxylation is 1. The van der Waals surface area contributed by atoms with Gasteiger partial charge in [-0.05, 0) is 49.1 Å². The molecule has 0 amide bonds. The molecule has 0 bridgehead atoms. The fourth-order valence-electron chi connectivity index (χ4n) is 1.86. The number of H-pyrrole nitrogens is 1. The Morgan fingerprint density at radius 2 is 2.09 bits per heavy atom. The van der Waals surface area contributed by atoms with Gasteiger partial charge in [0, 0.05) is 11.8 Å². The maximum atomic E-state index is 11.3.